The Hall–Kier alpha value is -0.426. The molecule has 75 valence electrons. The first-order chi connectivity index (χ1) is 6.41. The van der Waals surface area contributed by atoms with Crippen molar-refractivity contribution in [2.45, 2.75) is 6.92 Å². The predicted molar refractivity (Wildman–Crippen MR) is 60.5 cm³/mol. The minimum absolute atomic E-state index is 0. The molecule has 0 saturated heterocycles. The Balaban J connectivity index is 0. The minimum atomic E-state index is 0. The average molecular weight is 246 g/mol. The van der Waals surface area contributed by atoms with Gasteiger partial charge in [0.05, 0.1) is 0 Å². The molecule has 0 atom stereocenters. The third kappa shape index (κ3) is 14.1. The molecule has 2 aromatic rings. The van der Waals surface area contributed by atoms with Gasteiger partial charge < -0.3 is 0 Å². The Morgan fingerprint density at radius 1 is 0.857 bits per heavy atom. The van der Waals surface area contributed by atoms with Crippen LogP contribution in [0.3, 0.4) is 0 Å². The van der Waals surface area contributed by atoms with Crippen molar-refractivity contribution in [3.05, 3.63) is 60.7 Å². The van der Waals surface area contributed by atoms with E-state index in [1.165, 1.54) is 0 Å². The number of hydrogen-bond donors (Lipinski definition) is 0. The van der Waals surface area contributed by atoms with Crippen LogP contribution < -0.4 is 0 Å². The third-order valence-electron chi connectivity index (χ3n) is 1.11. The Labute approximate surface area is 104 Å². The summed E-state index contributed by atoms with van der Waals surface area (Å²) < 4.78 is 0. The Kier molecular flexibility index (Phi) is 17.2. The van der Waals surface area contributed by atoms with Crippen LogP contribution in [0.5, 0.6) is 0 Å². The van der Waals surface area contributed by atoms with Gasteiger partial charge in [-0.2, -0.15) is 36.4 Å². The minimum Gasteiger partial charge on any atom is -0.214 e. The molecular formula is C12H15ClV. The molecule has 0 nitrogen and oxygen atoms in total. The Morgan fingerprint density at radius 2 is 1.07 bits per heavy atom. The van der Waals surface area contributed by atoms with Gasteiger partial charge in [0.1, 0.15) is 0 Å². The fourth-order valence-electron chi connectivity index (χ4n) is 0.642. The second-order valence-electron chi connectivity index (χ2n) is 2.19. The first-order valence-electron chi connectivity index (χ1n) is 4.31. The van der Waals surface area contributed by atoms with Crippen molar-refractivity contribution in [1.82, 2.24) is 0 Å². The van der Waals surface area contributed by atoms with Gasteiger partial charge in [-0.3, -0.25) is 0 Å². The molecule has 0 heterocycles. The van der Waals surface area contributed by atoms with Crippen LogP contribution in [0.1, 0.15) is 6.92 Å². The van der Waals surface area contributed by atoms with Gasteiger partial charge in [0.25, 0.3) is 0 Å². The summed E-state index contributed by atoms with van der Waals surface area (Å²) in [5, 5.41) is 0. The fourth-order valence-corrected chi connectivity index (χ4v) is 0.642. The molecule has 0 unspecified atom stereocenters. The molecule has 14 heavy (non-hydrogen) atoms. The molecule has 0 N–H and O–H groups in total. The van der Waals surface area contributed by atoms with Crippen LogP contribution in [0.4, 0.5) is 0 Å². The van der Waals surface area contributed by atoms with Gasteiger partial charge in [-0.15, -0.1) is 11.6 Å². The van der Waals surface area contributed by atoms with E-state index in [0.29, 0.717) is 0 Å². The SMILES string of the molecule is CCCl.[V+2].c1cc[cH-]c1.c1cc[cH-]c1. The number of hydrogen-bond acceptors (Lipinski definition) is 0. The zero-order valence-electron chi connectivity index (χ0n) is 8.31. The molecule has 1 radical (unpaired) electrons. The molecule has 0 aromatic heterocycles. The van der Waals surface area contributed by atoms with Gasteiger partial charge in [-0.05, 0) is 0 Å². The summed E-state index contributed by atoms with van der Waals surface area (Å²) in [6, 6.07) is 20.0. The Bertz CT molecular complexity index is 162. The summed E-state index contributed by atoms with van der Waals surface area (Å²) in [4.78, 5) is 0. The summed E-state index contributed by atoms with van der Waals surface area (Å²) in [5.41, 5.74) is 0. The maximum absolute atomic E-state index is 5.00. The predicted octanol–water partition coefficient (Wildman–Crippen LogP) is 4.05. The molecule has 0 aliphatic carbocycles. The van der Waals surface area contributed by atoms with E-state index in [1.54, 1.807) is 0 Å². The molecule has 0 saturated carbocycles. The average Bonchev–Trinajstić information content (AvgIpc) is 2.85. The van der Waals surface area contributed by atoms with Crippen LogP contribution in [0.2, 0.25) is 0 Å². The van der Waals surface area contributed by atoms with Crippen molar-refractivity contribution in [2.75, 3.05) is 5.88 Å². The van der Waals surface area contributed by atoms with Crippen LogP contribution >= 0.6 is 11.6 Å². The fraction of sp³-hybridized carbons (Fsp3) is 0.167. The molecule has 2 aromatic carbocycles. The van der Waals surface area contributed by atoms with Crippen molar-refractivity contribution in [1.29, 1.82) is 0 Å². The second kappa shape index (κ2) is 15.1. The van der Waals surface area contributed by atoms with E-state index in [-0.39, 0.29) is 18.6 Å². The molecule has 0 fully saturated rings. The van der Waals surface area contributed by atoms with Crippen molar-refractivity contribution in [3.8, 4) is 0 Å². The summed E-state index contributed by atoms with van der Waals surface area (Å²) in [5.74, 6) is 0.722. The largest absolute Gasteiger partial charge is 2.00 e. The quantitative estimate of drug-likeness (QED) is 0.485. The Morgan fingerprint density at radius 3 is 1.14 bits per heavy atom. The molecular weight excluding hydrogens is 231 g/mol. The van der Waals surface area contributed by atoms with E-state index in [4.69, 9.17) is 11.6 Å². The summed E-state index contributed by atoms with van der Waals surface area (Å²) in [7, 11) is 0. The van der Waals surface area contributed by atoms with Crippen molar-refractivity contribution >= 4 is 11.6 Å². The van der Waals surface area contributed by atoms with Crippen LogP contribution in [-0.4, -0.2) is 5.88 Å². The van der Waals surface area contributed by atoms with Crippen LogP contribution in [-0.2, 0) is 18.6 Å². The molecule has 2 rings (SSSR count). The molecule has 0 bridgehead atoms. The van der Waals surface area contributed by atoms with Gasteiger partial charge in [-0.25, -0.2) is 24.3 Å². The topological polar surface area (TPSA) is 0 Å². The standard InChI is InChI=1S/2C5H5.C2H5Cl.V/c2*1-2-4-5-3-1;1-2-3;/h2*1-5H;2H2,1H3;/q2*-1;;+2. The second-order valence-corrected chi connectivity index (χ2v) is 2.73. The van der Waals surface area contributed by atoms with Gasteiger partial charge in [0, 0.05) is 5.88 Å². The van der Waals surface area contributed by atoms with E-state index in [1.807, 2.05) is 67.6 Å². The smallest absolute Gasteiger partial charge is 0.214 e. The van der Waals surface area contributed by atoms with Gasteiger partial charge in [-0.1, -0.05) is 6.92 Å². The van der Waals surface area contributed by atoms with Crippen LogP contribution in [0, 0.1) is 0 Å². The van der Waals surface area contributed by atoms with Crippen molar-refractivity contribution in [2.24, 2.45) is 0 Å². The molecule has 0 amide bonds. The van der Waals surface area contributed by atoms with E-state index in [0.717, 1.165) is 5.88 Å². The molecule has 0 aliphatic rings. The van der Waals surface area contributed by atoms with Gasteiger partial charge >= 0.3 is 18.6 Å². The molecule has 0 spiro atoms. The monoisotopic (exact) mass is 245 g/mol. The maximum Gasteiger partial charge on any atom is 2.00 e. The van der Waals surface area contributed by atoms with E-state index in [2.05, 4.69) is 0 Å². The number of rotatable bonds is 0. The van der Waals surface area contributed by atoms with Crippen LogP contribution in [0.15, 0.2) is 60.7 Å². The van der Waals surface area contributed by atoms with Gasteiger partial charge in [0.15, 0.2) is 0 Å². The normalized spacial score (nSPS) is 7.00. The van der Waals surface area contributed by atoms with Crippen LogP contribution in [0.25, 0.3) is 0 Å². The van der Waals surface area contributed by atoms with E-state index < -0.39 is 0 Å². The third-order valence-corrected chi connectivity index (χ3v) is 1.11. The van der Waals surface area contributed by atoms with E-state index in [9.17, 15) is 0 Å². The molecule has 2 heteroatoms. The zero-order chi connectivity index (χ0) is 9.78. The molecule has 0 aliphatic heterocycles. The van der Waals surface area contributed by atoms with Crippen molar-refractivity contribution in [3.63, 3.8) is 0 Å². The summed E-state index contributed by atoms with van der Waals surface area (Å²) >= 11 is 5.00. The maximum atomic E-state index is 5.00. The number of halogens is 1. The zero-order valence-corrected chi connectivity index (χ0v) is 10.5. The van der Waals surface area contributed by atoms with Gasteiger partial charge in [0.2, 0.25) is 0 Å². The summed E-state index contributed by atoms with van der Waals surface area (Å²) in [6.07, 6.45) is 0. The first kappa shape index (κ1) is 16.0. The number of alkyl halides is 1. The van der Waals surface area contributed by atoms with Crippen molar-refractivity contribution < 1.29 is 18.6 Å². The summed E-state index contributed by atoms with van der Waals surface area (Å²) in [6.45, 7) is 1.89. The first-order valence-corrected chi connectivity index (χ1v) is 4.84. The van der Waals surface area contributed by atoms with E-state index >= 15 is 0 Å².